The van der Waals surface area contributed by atoms with Gasteiger partial charge >= 0.3 is 0 Å². The predicted molar refractivity (Wildman–Crippen MR) is 88.3 cm³/mol. The summed E-state index contributed by atoms with van der Waals surface area (Å²) in [5.41, 5.74) is 0.140. The van der Waals surface area contributed by atoms with Crippen molar-refractivity contribution in [1.82, 2.24) is 19.6 Å². The van der Waals surface area contributed by atoms with Gasteiger partial charge < -0.3 is 14.9 Å². The first-order valence-electron chi connectivity index (χ1n) is 8.46. The zero-order valence-corrected chi connectivity index (χ0v) is 14.7. The number of aliphatic hydroxyl groups excluding tert-OH is 1. The second-order valence-electron chi connectivity index (χ2n) is 7.63. The molecule has 2 amide bonds. The van der Waals surface area contributed by atoms with E-state index in [9.17, 15) is 14.7 Å². The van der Waals surface area contributed by atoms with E-state index in [1.165, 1.54) is 0 Å². The van der Waals surface area contributed by atoms with Crippen LogP contribution in [0.2, 0.25) is 0 Å². The largest absolute Gasteiger partial charge is 0.394 e. The van der Waals surface area contributed by atoms with E-state index in [0.717, 1.165) is 19.3 Å². The summed E-state index contributed by atoms with van der Waals surface area (Å²) in [5.74, 6) is 0.0292. The van der Waals surface area contributed by atoms with Gasteiger partial charge in [-0.2, -0.15) is 5.10 Å². The number of hydrogen-bond acceptors (Lipinski definition) is 4. The van der Waals surface area contributed by atoms with Crippen LogP contribution in [0.1, 0.15) is 43.5 Å². The second-order valence-corrected chi connectivity index (χ2v) is 7.63. The molecule has 7 heteroatoms. The Balaban J connectivity index is 1.69. The van der Waals surface area contributed by atoms with Crippen molar-refractivity contribution in [3.05, 3.63) is 18.0 Å². The Morgan fingerprint density at radius 2 is 2.00 bits per heavy atom. The summed E-state index contributed by atoms with van der Waals surface area (Å²) in [4.78, 5) is 28.2. The lowest BCUT2D eigenvalue weighted by atomic mass is 9.74. The van der Waals surface area contributed by atoms with Crippen molar-refractivity contribution in [1.29, 1.82) is 0 Å². The van der Waals surface area contributed by atoms with E-state index in [-0.39, 0.29) is 23.8 Å². The molecule has 132 valence electrons. The van der Waals surface area contributed by atoms with E-state index in [1.807, 2.05) is 16.7 Å². The number of amides is 2. The van der Waals surface area contributed by atoms with Gasteiger partial charge in [0.05, 0.1) is 23.9 Å². The Hall–Kier alpha value is -1.89. The van der Waals surface area contributed by atoms with Gasteiger partial charge in [0.15, 0.2) is 0 Å². The number of rotatable bonds is 2. The standard InChI is InChI=1S/C17H26N4O3/c1-13(23)21-11-17(10-16(21,2)12-22)4-6-20(7-5-17)15(24)14-8-18-19(3)9-14/h8-9,22H,4-7,10-12H2,1-3H3. The molecule has 1 aromatic rings. The maximum atomic E-state index is 12.5. The van der Waals surface area contributed by atoms with Crippen molar-refractivity contribution in [3.63, 3.8) is 0 Å². The maximum Gasteiger partial charge on any atom is 0.257 e. The first kappa shape index (κ1) is 17.0. The van der Waals surface area contributed by atoms with E-state index in [1.54, 1.807) is 31.0 Å². The van der Waals surface area contributed by atoms with Crippen molar-refractivity contribution in [2.24, 2.45) is 12.5 Å². The number of carbonyl (C=O) groups excluding carboxylic acids is 2. The molecule has 0 bridgehead atoms. The van der Waals surface area contributed by atoms with Crippen LogP contribution in [0, 0.1) is 5.41 Å². The Kier molecular flexibility index (Phi) is 4.15. The minimum atomic E-state index is -0.485. The van der Waals surface area contributed by atoms with E-state index >= 15 is 0 Å². The molecule has 2 aliphatic rings. The van der Waals surface area contributed by atoms with Gasteiger partial charge in [-0.25, -0.2) is 0 Å². The monoisotopic (exact) mass is 334 g/mol. The van der Waals surface area contributed by atoms with Crippen LogP contribution in [0.15, 0.2) is 12.4 Å². The van der Waals surface area contributed by atoms with Crippen LogP contribution in [0.25, 0.3) is 0 Å². The average molecular weight is 334 g/mol. The van der Waals surface area contributed by atoms with Crippen LogP contribution in [0.5, 0.6) is 0 Å². The number of hydrogen-bond donors (Lipinski definition) is 1. The molecule has 0 radical (unpaired) electrons. The summed E-state index contributed by atoms with van der Waals surface area (Å²) < 4.78 is 1.63. The van der Waals surface area contributed by atoms with E-state index in [2.05, 4.69) is 5.10 Å². The summed E-state index contributed by atoms with van der Waals surface area (Å²) in [7, 11) is 1.80. The topological polar surface area (TPSA) is 78.7 Å². The van der Waals surface area contributed by atoms with E-state index in [4.69, 9.17) is 0 Å². The van der Waals surface area contributed by atoms with Crippen LogP contribution >= 0.6 is 0 Å². The van der Waals surface area contributed by atoms with Crippen LogP contribution in [0.3, 0.4) is 0 Å². The molecule has 1 spiro atoms. The van der Waals surface area contributed by atoms with Gasteiger partial charge in [0.2, 0.25) is 5.91 Å². The van der Waals surface area contributed by atoms with Crippen LogP contribution in [0.4, 0.5) is 0 Å². The molecule has 3 heterocycles. The molecule has 24 heavy (non-hydrogen) atoms. The lowest BCUT2D eigenvalue weighted by molar-refractivity contribution is -0.134. The fraction of sp³-hybridized carbons (Fsp3) is 0.706. The molecule has 3 rings (SSSR count). The molecule has 2 saturated heterocycles. The number of aromatic nitrogens is 2. The zero-order valence-electron chi connectivity index (χ0n) is 14.7. The van der Waals surface area contributed by atoms with E-state index < -0.39 is 5.54 Å². The van der Waals surface area contributed by atoms with E-state index in [0.29, 0.717) is 25.2 Å². The van der Waals surface area contributed by atoms with Crippen molar-refractivity contribution in [2.45, 2.75) is 38.6 Å². The molecule has 0 aliphatic carbocycles. The molecular weight excluding hydrogens is 308 g/mol. The van der Waals surface area contributed by atoms with Crippen molar-refractivity contribution >= 4 is 11.8 Å². The number of aryl methyl sites for hydroxylation is 1. The molecule has 0 aromatic carbocycles. The fourth-order valence-electron chi connectivity index (χ4n) is 4.35. The first-order chi connectivity index (χ1) is 11.3. The third kappa shape index (κ3) is 2.81. The Morgan fingerprint density at radius 3 is 2.46 bits per heavy atom. The lowest BCUT2D eigenvalue weighted by Crippen LogP contribution is -2.46. The maximum absolute atomic E-state index is 12.5. The van der Waals surface area contributed by atoms with Crippen LogP contribution in [-0.4, -0.2) is 68.3 Å². The first-order valence-corrected chi connectivity index (χ1v) is 8.46. The van der Waals surface area contributed by atoms with Gasteiger partial charge in [-0.1, -0.05) is 0 Å². The number of likely N-dealkylation sites (tertiary alicyclic amines) is 2. The fourth-order valence-corrected chi connectivity index (χ4v) is 4.35. The minimum Gasteiger partial charge on any atom is -0.394 e. The third-order valence-electron chi connectivity index (χ3n) is 5.68. The summed E-state index contributed by atoms with van der Waals surface area (Å²) in [6.45, 7) is 5.53. The number of aliphatic hydroxyl groups is 1. The molecule has 7 nitrogen and oxygen atoms in total. The number of carbonyl (C=O) groups is 2. The van der Waals surface area contributed by atoms with Gasteiger partial charge in [-0.15, -0.1) is 0 Å². The predicted octanol–water partition coefficient (Wildman–Crippen LogP) is 0.646. The molecule has 1 N–H and O–H groups in total. The van der Waals surface area contributed by atoms with Crippen molar-refractivity contribution in [3.8, 4) is 0 Å². The number of piperidine rings is 1. The van der Waals surface area contributed by atoms with Crippen LogP contribution < -0.4 is 0 Å². The highest BCUT2D eigenvalue weighted by atomic mass is 16.3. The molecule has 2 fully saturated rings. The summed E-state index contributed by atoms with van der Waals surface area (Å²) in [6.07, 6.45) is 5.85. The van der Waals surface area contributed by atoms with Gasteiger partial charge in [0.1, 0.15) is 0 Å². The van der Waals surface area contributed by atoms with Crippen molar-refractivity contribution in [2.75, 3.05) is 26.2 Å². The SMILES string of the molecule is CC(=O)N1CC2(CCN(C(=O)c3cnn(C)c3)CC2)CC1(C)CO. The van der Waals surface area contributed by atoms with Gasteiger partial charge in [-0.3, -0.25) is 14.3 Å². The normalized spacial score (nSPS) is 26.2. The molecule has 0 saturated carbocycles. The summed E-state index contributed by atoms with van der Waals surface area (Å²) >= 11 is 0. The Bertz CT molecular complexity index is 648. The lowest BCUT2D eigenvalue weighted by Gasteiger charge is -2.39. The highest BCUT2D eigenvalue weighted by molar-refractivity contribution is 5.93. The molecular formula is C17H26N4O3. The molecule has 1 atom stereocenters. The quantitative estimate of drug-likeness (QED) is 0.861. The van der Waals surface area contributed by atoms with Crippen LogP contribution in [-0.2, 0) is 11.8 Å². The van der Waals surface area contributed by atoms with Gasteiger partial charge in [0.25, 0.3) is 5.91 Å². The second kappa shape index (κ2) is 5.88. The van der Waals surface area contributed by atoms with Gasteiger partial charge in [-0.05, 0) is 31.6 Å². The molecule has 1 aromatic heterocycles. The summed E-state index contributed by atoms with van der Waals surface area (Å²) in [5, 5.41) is 13.8. The average Bonchev–Trinajstić information content (AvgIpc) is 3.10. The Labute approximate surface area is 142 Å². The smallest absolute Gasteiger partial charge is 0.257 e. The highest BCUT2D eigenvalue weighted by Crippen LogP contribution is 2.48. The minimum absolute atomic E-state index is 0.00880. The molecule has 1 unspecified atom stereocenters. The number of nitrogens with zero attached hydrogens (tertiary/aromatic N) is 4. The zero-order chi connectivity index (χ0) is 17.5. The summed E-state index contributed by atoms with van der Waals surface area (Å²) in [6, 6.07) is 0. The Morgan fingerprint density at radius 1 is 1.33 bits per heavy atom. The highest BCUT2D eigenvalue weighted by Gasteiger charge is 2.52. The van der Waals surface area contributed by atoms with Gasteiger partial charge in [0, 0.05) is 39.8 Å². The molecule has 2 aliphatic heterocycles. The third-order valence-corrected chi connectivity index (χ3v) is 5.68. The van der Waals surface area contributed by atoms with Crippen molar-refractivity contribution < 1.29 is 14.7 Å².